The van der Waals surface area contributed by atoms with Crippen molar-refractivity contribution in [2.24, 2.45) is 0 Å². The number of aromatic nitrogens is 2. The molecule has 2 aromatic carbocycles. The SMILES string of the molecule is CN1Cc2cccc(n2)CN(C)Cc2cccc(n2)C1.Cc1cc(C)c(N2C=CN(c3c(C)cc(C)cc3C)[CH-]2)c(C)c1.[Cu+2]. The summed E-state index contributed by atoms with van der Waals surface area (Å²) in [7, 11) is 4.22. The van der Waals surface area contributed by atoms with Crippen LogP contribution in [0.4, 0.5) is 11.4 Å². The standard InChI is InChI=1S/C21H25N2.C16H20N4.Cu/c1-14-9-16(3)20(17(4)10-14)22-7-8-23(13-22)21-18(5)11-15(2)12-19(21)6;1-19-9-13-5-3-7-15(17-13)11-20(2)12-16-8-4-6-14(10-19)18-16;/h7-13H,1-6H3;3-8H,9-12H2,1-2H3;/q-1;;+2. The van der Waals surface area contributed by atoms with Crippen LogP contribution >= 0.6 is 0 Å². The summed E-state index contributed by atoms with van der Waals surface area (Å²) in [5.74, 6) is 0. The zero-order valence-electron chi connectivity index (χ0n) is 27.3. The van der Waals surface area contributed by atoms with E-state index >= 15 is 0 Å². The van der Waals surface area contributed by atoms with Crippen molar-refractivity contribution in [1.29, 1.82) is 0 Å². The van der Waals surface area contributed by atoms with Gasteiger partial charge in [0.2, 0.25) is 0 Å². The molecule has 1 radical (unpaired) electrons. The van der Waals surface area contributed by atoms with Crippen LogP contribution in [0.2, 0.25) is 0 Å². The minimum atomic E-state index is 0. The summed E-state index contributed by atoms with van der Waals surface area (Å²) in [6.07, 6.45) is 4.28. The molecule has 0 spiro atoms. The van der Waals surface area contributed by atoms with Gasteiger partial charge in [0.1, 0.15) is 0 Å². The predicted molar refractivity (Wildman–Crippen MR) is 179 cm³/mol. The van der Waals surface area contributed by atoms with Gasteiger partial charge in [0.15, 0.2) is 0 Å². The first kappa shape index (κ1) is 33.4. The molecule has 2 aliphatic heterocycles. The minimum absolute atomic E-state index is 0. The molecule has 4 heterocycles. The van der Waals surface area contributed by atoms with E-state index in [0.717, 1.165) is 49.0 Å². The van der Waals surface area contributed by atoms with E-state index in [2.05, 4.69) is 155 Å². The van der Waals surface area contributed by atoms with Gasteiger partial charge in [-0.2, -0.15) is 0 Å². The van der Waals surface area contributed by atoms with Gasteiger partial charge in [-0.05, 0) is 115 Å². The molecule has 4 bridgehead atoms. The molecular weight excluding hydrogens is 592 g/mol. The molecule has 6 rings (SSSR count). The van der Waals surface area contributed by atoms with Crippen molar-refractivity contribution in [3.8, 4) is 0 Å². The third-order valence-electron chi connectivity index (χ3n) is 7.88. The Kier molecular flexibility index (Phi) is 11.0. The van der Waals surface area contributed by atoms with Crippen molar-refractivity contribution in [2.75, 3.05) is 23.9 Å². The van der Waals surface area contributed by atoms with E-state index in [0.29, 0.717) is 0 Å². The van der Waals surface area contributed by atoms with E-state index in [-0.39, 0.29) is 17.1 Å². The van der Waals surface area contributed by atoms with Gasteiger partial charge in [-0.1, -0.05) is 47.5 Å². The summed E-state index contributed by atoms with van der Waals surface area (Å²) in [4.78, 5) is 18.4. The Balaban J connectivity index is 0.000000198. The molecule has 0 N–H and O–H groups in total. The Morgan fingerprint density at radius 1 is 0.523 bits per heavy atom. The maximum Gasteiger partial charge on any atom is 2.00 e. The number of fused-ring (bicyclic) bond motifs is 4. The Morgan fingerprint density at radius 2 is 0.818 bits per heavy atom. The predicted octanol–water partition coefficient (Wildman–Crippen LogP) is 7.51. The molecule has 44 heavy (non-hydrogen) atoms. The molecule has 7 heteroatoms. The second kappa shape index (κ2) is 14.5. The number of rotatable bonds is 2. The molecule has 233 valence electrons. The largest absolute Gasteiger partial charge is 2.00 e. The Hall–Kier alpha value is -3.48. The Bertz CT molecular complexity index is 1420. The van der Waals surface area contributed by atoms with Crippen LogP contribution in [0, 0.1) is 48.2 Å². The maximum absolute atomic E-state index is 4.74. The van der Waals surface area contributed by atoms with Crippen molar-refractivity contribution in [3.63, 3.8) is 0 Å². The normalized spacial score (nSPS) is 15.2. The van der Waals surface area contributed by atoms with E-state index in [4.69, 9.17) is 9.97 Å². The molecule has 6 nitrogen and oxygen atoms in total. The molecule has 0 unspecified atom stereocenters. The van der Waals surface area contributed by atoms with Crippen LogP contribution in [0.3, 0.4) is 0 Å². The average molecular weight is 637 g/mol. The van der Waals surface area contributed by atoms with Crippen molar-refractivity contribution in [2.45, 2.75) is 67.7 Å². The third-order valence-corrected chi connectivity index (χ3v) is 7.88. The van der Waals surface area contributed by atoms with Crippen LogP contribution in [0.15, 0.2) is 73.1 Å². The zero-order valence-corrected chi connectivity index (χ0v) is 28.3. The van der Waals surface area contributed by atoms with Gasteiger partial charge >= 0.3 is 17.1 Å². The molecule has 0 atom stereocenters. The molecule has 2 aliphatic rings. The number of benzene rings is 2. The summed E-state index contributed by atoms with van der Waals surface area (Å²) >= 11 is 0. The van der Waals surface area contributed by atoms with Crippen molar-refractivity contribution >= 4 is 11.4 Å². The first-order chi connectivity index (χ1) is 20.5. The second-order valence-electron chi connectivity index (χ2n) is 12.3. The fourth-order valence-electron chi connectivity index (χ4n) is 6.41. The fraction of sp³-hybridized carbons (Fsp3) is 0.324. The van der Waals surface area contributed by atoms with Gasteiger partial charge in [-0.3, -0.25) is 19.8 Å². The topological polar surface area (TPSA) is 38.7 Å². The van der Waals surface area contributed by atoms with Gasteiger partial charge in [-0.25, -0.2) is 0 Å². The molecule has 0 amide bonds. The van der Waals surface area contributed by atoms with E-state index in [1.54, 1.807) is 0 Å². The monoisotopic (exact) mass is 636 g/mol. The van der Waals surface area contributed by atoms with Gasteiger partial charge in [0.25, 0.3) is 0 Å². The van der Waals surface area contributed by atoms with Crippen LogP contribution < -0.4 is 9.80 Å². The van der Waals surface area contributed by atoms with Gasteiger partial charge in [0, 0.05) is 37.6 Å². The van der Waals surface area contributed by atoms with Gasteiger partial charge < -0.3 is 9.80 Å². The number of anilines is 2. The molecule has 0 aliphatic carbocycles. The smallest absolute Gasteiger partial charge is 0.479 e. The van der Waals surface area contributed by atoms with Crippen LogP contribution in [-0.4, -0.2) is 33.9 Å². The minimum Gasteiger partial charge on any atom is -0.479 e. The molecule has 0 fully saturated rings. The van der Waals surface area contributed by atoms with Crippen molar-refractivity contribution < 1.29 is 17.1 Å². The first-order valence-corrected chi connectivity index (χ1v) is 15.1. The third kappa shape index (κ3) is 8.16. The van der Waals surface area contributed by atoms with Crippen LogP contribution in [0.1, 0.15) is 56.2 Å². The van der Waals surface area contributed by atoms with E-state index in [9.17, 15) is 0 Å². The Morgan fingerprint density at radius 3 is 1.11 bits per heavy atom. The molecule has 4 aromatic rings. The number of hydrogen-bond acceptors (Lipinski definition) is 6. The van der Waals surface area contributed by atoms with E-state index in [1.807, 2.05) is 0 Å². The molecular formula is C37H45CuN6+. The van der Waals surface area contributed by atoms with Crippen molar-refractivity contribution in [3.05, 3.63) is 136 Å². The molecule has 0 saturated heterocycles. The number of nitrogens with zero attached hydrogens (tertiary/aromatic N) is 6. The summed E-state index contributed by atoms with van der Waals surface area (Å²) in [5, 5.41) is 0. The fourth-order valence-corrected chi connectivity index (χ4v) is 6.41. The molecule has 0 saturated carbocycles. The zero-order chi connectivity index (χ0) is 30.7. The summed E-state index contributed by atoms with van der Waals surface area (Å²) < 4.78 is 0. The summed E-state index contributed by atoms with van der Waals surface area (Å²) in [6.45, 7) is 18.6. The number of hydrogen-bond donors (Lipinski definition) is 0. The summed E-state index contributed by atoms with van der Waals surface area (Å²) in [5.41, 5.74) is 14.9. The van der Waals surface area contributed by atoms with E-state index in [1.165, 1.54) is 44.8 Å². The Labute approximate surface area is 274 Å². The van der Waals surface area contributed by atoms with Gasteiger partial charge in [-0.15, -0.1) is 6.67 Å². The quantitative estimate of drug-likeness (QED) is 0.168. The molecule has 2 aromatic heterocycles. The van der Waals surface area contributed by atoms with E-state index < -0.39 is 0 Å². The van der Waals surface area contributed by atoms with Gasteiger partial charge in [0.05, 0.1) is 22.8 Å². The maximum atomic E-state index is 4.74. The van der Waals surface area contributed by atoms with Crippen molar-refractivity contribution in [1.82, 2.24) is 19.8 Å². The average Bonchev–Trinajstić information content (AvgIpc) is 3.36. The first-order valence-electron chi connectivity index (χ1n) is 15.1. The number of aryl methyl sites for hydroxylation is 6. The van der Waals surface area contributed by atoms with Crippen LogP contribution in [0.25, 0.3) is 0 Å². The van der Waals surface area contributed by atoms with Crippen LogP contribution in [-0.2, 0) is 43.2 Å². The number of pyridine rings is 2. The second-order valence-corrected chi connectivity index (χ2v) is 12.3. The summed E-state index contributed by atoms with van der Waals surface area (Å²) in [6, 6.07) is 21.6. The van der Waals surface area contributed by atoms with Crippen LogP contribution in [0.5, 0.6) is 0 Å².